The Balaban J connectivity index is 1.95. The van der Waals surface area contributed by atoms with Gasteiger partial charge in [-0.25, -0.2) is 0 Å². The summed E-state index contributed by atoms with van der Waals surface area (Å²) >= 11 is 0. The first-order valence-corrected chi connectivity index (χ1v) is 8.28. The summed E-state index contributed by atoms with van der Waals surface area (Å²) in [5.74, 6) is 0.762. The highest BCUT2D eigenvalue weighted by atomic mass is 16.2. The largest absolute Gasteiger partial charge is 0.339 e. The Morgan fingerprint density at radius 3 is 2.26 bits per heavy atom. The normalized spacial score (nSPS) is 29.2. The van der Waals surface area contributed by atoms with E-state index >= 15 is 0 Å². The molecule has 0 aliphatic heterocycles. The fourth-order valence-corrected chi connectivity index (χ4v) is 3.71. The third kappa shape index (κ3) is 3.95. The van der Waals surface area contributed by atoms with Gasteiger partial charge in [-0.2, -0.15) is 0 Å². The molecule has 0 aromatic carbocycles. The molecule has 1 amide bonds. The zero-order chi connectivity index (χ0) is 13.7. The highest BCUT2D eigenvalue weighted by Gasteiger charge is 2.31. The molecule has 3 nitrogen and oxygen atoms in total. The third-order valence-corrected chi connectivity index (χ3v) is 4.88. The van der Waals surface area contributed by atoms with Gasteiger partial charge in [-0.3, -0.25) is 4.79 Å². The van der Waals surface area contributed by atoms with Crippen molar-refractivity contribution in [2.45, 2.75) is 83.2 Å². The van der Waals surface area contributed by atoms with Crippen molar-refractivity contribution < 1.29 is 4.79 Å². The van der Waals surface area contributed by atoms with Crippen molar-refractivity contribution in [1.82, 2.24) is 4.90 Å². The van der Waals surface area contributed by atoms with Gasteiger partial charge >= 0.3 is 0 Å². The van der Waals surface area contributed by atoms with Crippen LogP contribution >= 0.6 is 0 Å². The molecule has 3 heteroatoms. The molecule has 0 heterocycles. The SMILES string of the molecule is CCCN(C(=O)C1CCCCC1)C1CCC(N)CC1. The molecule has 0 radical (unpaired) electrons. The molecule has 2 fully saturated rings. The lowest BCUT2D eigenvalue weighted by molar-refractivity contribution is -0.139. The highest BCUT2D eigenvalue weighted by Crippen LogP contribution is 2.29. The van der Waals surface area contributed by atoms with Gasteiger partial charge in [-0.05, 0) is 44.9 Å². The number of hydrogen-bond acceptors (Lipinski definition) is 2. The molecule has 0 atom stereocenters. The summed E-state index contributed by atoms with van der Waals surface area (Å²) in [7, 11) is 0. The number of nitrogens with two attached hydrogens (primary N) is 1. The second-order valence-corrected chi connectivity index (χ2v) is 6.44. The van der Waals surface area contributed by atoms with E-state index in [0.717, 1.165) is 51.5 Å². The predicted octanol–water partition coefficient (Wildman–Crippen LogP) is 3.08. The molecule has 2 N–H and O–H groups in total. The molecular formula is C16H30N2O. The van der Waals surface area contributed by atoms with Gasteiger partial charge < -0.3 is 10.6 Å². The molecule has 2 aliphatic rings. The minimum Gasteiger partial charge on any atom is -0.339 e. The van der Waals surface area contributed by atoms with Crippen LogP contribution in [0.25, 0.3) is 0 Å². The van der Waals surface area contributed by atoms with Crippen LogP contribution in [0, 0.1) is 5.92 Å². The molecule has 0 spiro atoms. The Hall–Kier alpha value is -0.570. The van der Waals surface area contributed by atoms with Crippen LogP contribution in [-0.2, 0) is 4.79 Å². The van der Waals surface area contributed by atoms with Crippen LogP contribution in [0.2, 0.25) is 0 Å². The molecule has 2 rings (SSSR count). The van der Waals surface area contributed by atoms with E-state index in [1.165, 1.54) is 19.3 Å². The van der Waals surface area contributed by atoms with Crippen molar-refractivity contribution in [3.05, 3.63) is 0 Å². The molecule has 19 heavy (non-hydrogen) atoms. The fourth-order valence-electron chi connectivity index (χ4n) is 3.71. The summed E-state index contributed by atoms with van der Waals surface area (Å²) in [6, 6.07) is 0.832. The number of rotatable bonds is 4. The first kappa shape index (κ1) is 14.8. The highest BCUT2D eigenvalue weighted by molar-refractivity contribution is 5.79. The fraction of sp³-hybridized carbons (Fsp3) is 0.938. The Kier molecular flexibility index (Phi) is 5.68. The number of nitrogens with zero attached hydrogens (tertiary/aromatic N) is 1. The first-order chi connectivity index (χ1) is 9.22. The maximum absolute atomic E-state index is 12.8. The summed E-state index contributed by atoms with van der Waals surface area (Å²) in [5.41, 5.74) is 5.99. The van der Waals surface area contributed by atoms with Crippen LogP contribution in [0.3, 0.4) is 0 Å². The van der Waals surface area contributed by atoms with E-state index in [4.69, 9.17) is 5.73 Å². The van der Waals surface area contributed by atoms with Crippen LogP contribution in [0.5, 0.6) is 0 Å². The van der Waals surface area contributed by atoms with Crippen molar-refractivity contribution in [3.8, 4) is 0 Å². The lowest BCUT2D eigenvalue weighted by Crippen LogP contribution is -2.47. The molecule has 0 aromatic rings. The summed E-state index contributed by atoms with van der Waals surface area (Å²) in [4.78, 5) is 15.0. The van der Waals surface area contributed by atoms with E-state index < -0.39 is 0 Å². The van der Waals surface area contributed by atoms with E-state index in [1.54, 1.807) is 0 Å². The standard InChI is InChI=1S/C16H30N2O/c1-2-12-18(15-10-8-14(17)9-11-15)16(19)13-6-4-3-5-7-13/h13-15H,2-12,17H2,1H3. The summed E-state index contributed by atoms with van der Waals surface area (Å²) in [6.07, 6.45) is 11.5. The molecule has 2 aliphatic carbocycles. The summed E-state index contributed by atoms with van der Waals surface area (Å²) in [5, 5.41) is 0. The van der Waals surface area contributed by atoms with Crippen molar-refractivity contribution in [1.29, 1.82) is 0 Å². The lowest BCUT2D eigenvalue weighted by atomic mass is 9.86. The summed E-state index contributed by atoms with van der Waals surface area (Å²) < 4.78 is 0. The maximum atomic E-state index is 12.8. The Morgan fingerprint density at radius 2 is 1.68 bits per heavy atom. The van der Waals surface area contributed by atoms with Gasteiger partial charge in [-0.1, -0.05) is 26.2 Å². The first-order valence-electron chi connectivity index (χ1n) is 8.28. The second kappa shape index (κ2) is 7.28. The van der Waals surface area contributed by atoms with Crippen LogP contribution in [-0.4, -0.2) is 29.4 Å². The van der Waals surface area contributed by atoms with Gasteiger partial charge in [0.05, 0.1) is 0 Å². The van der Waals surface area contributed by atoms with E-state index in [1.807, 2.05) is 0 Å². The Morgan fingerprint density at radius 1 is 1.05 bits per heavy atom. The van der Waals surface area contributed by atoms with E-state index in [-0.39, 0.29) is 0 Å². The van der Waals surface area contributed by atoms with Gasteiger partial charge in [-0.15, -0.1) is 0 Å². The predicted molar refractivity (Wildman–Crippen MR) is 78.8 cm³/mol. The second-order valence-electron chi connectivity index (χ2n) is 6.44. The van der Waals surface area contributed by atoms with E-state index in [9.17, 15) is 4.79 Å². The maximum Gasteiger partial charge on any atom is 0.225 e. The monoisotopic (exact) mass is 266 g/mol. The minimum absolute atomic E-state index is 0.316. The smallest absolute Gasteiger partial charge is 0.225 e. The molecule has 2 saturated carbocycles. The Labute approximate surface area is 117 Å². The molecular weight excluding hydrogens is 236 g/mol. The van der Waals surface area contributed by atoms with Crippen molar-refractivity contribution >= 4 is 5.91 Å². The number of amides is 1. The van der Waals surface area contributed by atoms with Crippen LogP contribution < -0.4 is 5.73 Å². The zero-order valence-corrected chi connectivity index (χ0v) is 12.4. The van der Waals surface area contributed by atoms with E-state index in [0.29, 0.717) is 23.9 Å². The number of hydrogen-bond donors (Lipinski definition) is 1. The van der Waals surface area contributed by atoms with Crippen molar-refractivity contribution in [2.24, 2.45) is 11.7 Å². The van der Waals surface area contributed by atoms with Gasteiger partial charge in [0.15, 0.2) is 0 Å². The summed E-state index contributed by atoms with van der Waals surface area (Å²) in [6.45, 7) is 3.12. The topological polar surface area (TPSA) is 46.3 Å². The van der Waals surface area contributed by atoms with Gasteiger partial charge in [0, 0.05) is 24.5 Å². The van der Waals surface area contributed by atoms with Gasteiger partial charge in [0.25, 0.3) is 0 Å². The average Bonchev–Trinajstić information content (AvgIpc) is 2.46. The zero-order valence-electron chi connectivity index (χ0n) is 12.4. The third-order valence-electron chi connectivity index (χ3n) is 4.88. The van der Waals surface area contributed by atoms with Crippen LogP contribution in [0.1, 0.15) is 71.1 Å². The Bertz CT molecular complexity index is 278. The van der Waals surface area contributed by atoms with Crippen LogP contribution in [0.15, 0.2) is 0 Å². The van der Waals surface area contributed by atoms with Gasteiger partial charge in [0.1, 0.15) is 0 Å². The molecule has 0 bridgehead atoms. The van der Waals surface area contributed by atoms with Crippen molar-refractivity contribution in [3.63, 3.8) is 0 Å². The number of carbonyl (C=O) groups excluding carboxylic acids is 1. The lowest BCUT2D eigenvalue weighted by Gasteiger charge is -2.38. The van der Waals surface area contributed by atoms with Gasteiger partial charge in [0.2, 0.25) is 5.91 Å². The minimum atomic E-state index is 0.316. The van der Waals surface area contributed by atoms with Crippen LogP contribution in [0.4, 0.5) is 0 Å². The number of carbonyl (C=O) groups is 1. The quantitative estimate of drug-likeness (QED) is 0.850. The molecule has 110 valence electrons. The van der Waals surface area contributed by atoms with Crippen molar-refractivity contribution in [2.75, 3.05) is 6.54 Å². The molecule has 0 unspecified atom stereocenters. The molecule has 0 aromatic heterocycles. The molecule has 0 saturated heterocycles. The van der Waals surface area contributed by atoms with E-state index in [2.05, 4.69) is 11.8 Å². The average molecular weight is 266 g/mol.